The first-order valence-electron chi connectivity index (χ1n) is 6.66. The van der Waals surface area contributed by atoms with Crippen LogP contribution in [-0.4, -0.2) is 18.4 Å². The van der Waals surface area contributed by atoms with Gasteiger partial charge >= 0.3 is 0 Å². The maximum absolute atomic E-state index is 5.99. The largest absolute Gasteiger partial charge is 0.381 e. The van der Waals surface area contributed by atoms with E-state index in [9.17, 15) is 0 Å². The highest BCUT2D eigenvalue weighted by molar-refractivity contribution is 5.77. The number of hydrogen-bond acceptors (Lipinski definition) is 4. The van der Waals surface area contributed by atoms with Gasteiger partial charge in [-0.2, -0.15) is 0 Å². The maximum Gasteiger partial charge on any atom is 0.230 e. The summed E-state index contributed by atoms with van der Waals surface area (Å²) in [7, 11) is 0. The minimum Gasteiger partial charge on any atom is -0.381 e. The van der Waals surface area contributed by atoms with Crippen LogP contribution in [0, 0.1) is 6.92 Å². The summed E-state index contributed by atoms with van der Waals surface area (Å²) in [6, 6.07) is 8.19. The van der Waals surface area contributed by atoms with E-state index in [1.54, 1.807) is 0 Å². The molecule has 0 amide bonds. The van der Waals surface area contributed by atoms with Crippen molar-refractivity contribution in [2.24, 2.45) is 0 Å². The first kappa shape index (κ1) is 12.2. The third-order valence-corrected chi connectivity index (χ3v) is 3.77. The second kappa shape index (κ2) is 5.05. The van der Waals surface area contributed by atoms with E-state index in [2.05, 4.69) is 24.2 Å². The van der Waals surface area contributed by atoms with Crippen molar-refractivity contribution < 1.29 is 9.26 Å². The molecule has 2 N–H and O–H groups in total. The van der Waals surface area contributed by atoms with Gasteiger partial charge in [0.15, 0.2) is 0 Å². The Labute approximate surface area is 112 Å². The van der Waals surface area contributed by atoms with Crippen LogP contribution >= 0.6 is 0 Å². The number of anilines is 1. The van der Waals surface area contributed by atoms with Gasteiger partial charge in [-0.15, -0.1) is 0 Å². The molecule has 0 spiro atoms. The van der Waals surface area contributed by atoms with Crippen molar-refractivity contribution in [3.05, 3.63) is 35.5 Å². The van der Waals surface area contributed by atoms with Gasteiger partial charge in [0.05, 0.1) is 11.3 Å². The molecule has 0 saturated carbocycles. The van der Waals surface area contributed by atoms with Crippen LogP contribution < -0.4 is 5.73 Å². The summed E-state index contributed by atoms with van der Waals surface area (Å²) in [5, 5.41) is 4.20. The smallest absolute Gasteiger partial charge is 0.230 e. The molecule has 2 heterocycles. The van der Waals surface area contributed by atoms with Crippen molar-refractivity contribution in [3.8, 4) is 11.1 Å². The second-order valence-corrected chi connectivity index (χ2v) is 5.01. The van der Waals surface area contributed by atoms with Crippen LogP contribution in [0.1, 0.15) is 30.0 Å². The molecule has 19 heavy (non-hydrogen) atoms. The van der Waals surface area contributed by atoms with Gasteiger partial charge in [0.2, 0.25) is 5.88 Å². The van der Waals surface area contributed by atoms with Crippen molar-refractivity contribution in [3.63, 3.8) is 0 Å². The predicted molar refractivity (Wildman–Crippen MR) is 73.9 cm³/mol. The Morgan fingerprint density at radius 1 is 1.21 bits per heavy atom. The van der Waals surface area contributed by atoms with E-state index >= 15 is 0 Å². The Kier molecular flexibility index (Phi) is 3.25. The van der Waals surface area contributed by atoms with Crippen LogP contribution in [0.25, 0.3) is 11.1 Å². The molecule has 1 saturated heterocycles. The van der Waals surface area contributed by atoms with E-state index in [0.717, 1.165) is 42.9 Å². The standard InChI is InChI=1S/C15H18N2O2/c1-10-4-2-3-5-12(10)13-14(17-19-15(13)16)11-6-8-18-9-7-11/h2-5,11H,6-9,16H2,1H3. The molecule has 100 valence electrons. The summed E-state index contributed by atoms with van der Waals surface area (Å²) in [5.41, 5.74) is 10.2. The highest BCUT2D eigenvalue weighted by Gasteiger charge is 2.26. The van der Waals surface area contributed by atoms with Gasteiger partial charge in [0.25, 0.3) is 0 Å². The van der Waals surface area contributed by atoms with E-state index < -0.39 is 0 Å². The van der Waals surface area contributed by atoms with Crippen LogP contribution in [-0.2, 0) is 4.74 Å². The fourth-order valence-electron chi connectivity index (χ4n) is 2.69. The zero-order chi connectivity index (χ0) is 13.2. The Balaban J connectivity index is 2.06. The number of nitrogen functional groups attached to an aromatic ring is 1. The normalized spacial score (nSPS) is 16.7. The molecule has 0 atom stereocenters. The minimum absolute atomic E-state index is 0.379. The monoisotopic (exact) mass is 258 g/mol. The number of nitrogens with two attached hydrogens (primary N) is 1. The molecule has 1 fully saturated rings. The van der Waals surface area contributed by atoms with Gasteiger partial charge in [-0.25, -0.2) is 0 Å². The fraction of sp³-hybridized carbons (Fsp3) is 0.400. The zero-order valence-electron chi connectivity index (χ0n) is 11.1. The van der Waals surface area contributed by atoms with Crippen molar-refractivity contribution in [2.75, 3.05) is 18.9 Å². The van der Waals surface area contributed by atoms with Gasteiger partial charge in [0.1, 0.15) is 0 Å². The molecule has 3 rings (SSSR count). The molecule has 4 heteroatoms. The van der Waals surface area contributed by atoms with E-state index in [1.165, 1.54) is 5.56 Å². The second-order valence-electron chi connectivity index (χ2n) is 5.01. The quantitative estimate of drug-likeness (QED) is 0.899. The average molecular weight is 258 g/mol. The van der Waals surface area contributed by atoms with Gasteiger partial charge in [-0.1, -0.05) is 29.4 Å². The molecule has 4 nitrogen and oxygen atoms in total. The highest BCUT2D eigenvalue weighted by atomic mass is 16.5. The maximum atomic E-state index is 5.99. The van der Waals surface area contributed by atoms with Crippen LogP contribution in [0.2, 0.25) is 0 Å². The minimum atomic E-state index is 0.379. The molecule has 1 aromatic heterocycles. The third kappa shape index (κ3) is 2.24. The van der Waals surface area contributed by atoms with E-state index in [1.807, 2.05) is 12.1 Å². The van der Waals surface area contributed by atoms with E-state index in [4.69, 9.17) is 15.0 Å². The summed E-state index contributed by atoms with van der Waals surface area (Å²) in [4.78, 5) is 0. The molecule has 1 aliphatic rings. The molecule has 1 aliphatic heterocycles. The van der Waals surface area contributed by atoms with Crippen LogP contribution in [0.15, 0.2) is 28.8 Å². The lowest BCUT2D eigenvalue weighted by Crippen LogP contribution is -2.15. The Morgan fingerprint density at radius 2 is 1.95 bits per heavy atom. The van der Waals surface area contributed by atoms with E-state index in [-0.39, 0.29) is 0 Å². The Bertz CT molecular complexity index is 571. The summed E-state index contributed by atoms with van der Waals surface area (Å²) in [6.45, 7) is 3.64. The number of hydrogen-bond donors (Lipinski definition) is 1. The molecule has 2 aromatic rings. The van der Waals surface area contributed by atoms with Crippen LogP contribution in [0.5, 0.6) is 0 Å². The van der Waals surface area contributed by atoms with E-state index in [0.29, 0.717) is 11.8 Å². The van der Waals surface area contributed by atoms with Gasteiger partial charge in [-0.05, 0) is 30.9 Å². The highest BCUT2D eigenvalue weighted by Crippen LogP contribution is 2.38. The molecule has 1 aromatic carbocycles. The molecule has 0 radical (unpaired) electrons. The van der Waals surface area contributed by atoms with Crippen LogP contribution in [0.4, 0.5) is 5.88 Å². The Morgan fingerprint density at radius 3 is 2.68 bits per heavy atom. The van der Waals surface area contributed by atoms with Gasteiger partial charge in [-0.3, -0.25) is 0 Å². The SMILES string of the molecule is Cc1ccccc1-c1c(C2CCOCC2)noc1N. The van der Waals surface area contributed by atoms with Crippen molar-refractivity contribution in [2.45, 2.75) is 25.7 Å². The summed E-state index contributed by atoms with van der Waals surface area (Å²) < 4.78 is 10.7. The lowest BCUT2D eigenvalue weighted by molar-refractivity contribution is 0.0839. The van der Waals surface area contributed by atoms with Crippen LogP contribution in [0.3, 0.4) is 0 Å². The number of aromatic nitrogens is 1. The lowest BCUT2D eigenvalue weighted by atomic mass is 9.90. The summed E-state index contributed by atoms with van der Waals surface area (Å²) in [6.07, 6.45) is 1.95. The molecule has 0 bridgehead atoms. The van der Waals surface area contributed by atoms with Crippen molar-refractivity contribution in [1.82, 2.24) is 5.16 Å². The average Bonchev–Trinajstić information content (AvgIpc) is 2.82. The third-order valence-electron chi connectivity index (χ3n) is 3.77. The van der Waals surface area contributed by atoms with Crippen molar-refractivity contribution >= 4 is 5.88 Å². The molecule has 0 aliphatic carbocycles. The molecular formula is C15H18N2O2. The fourth-order valence-corrected chi connectivity index (χ4v) is 2.69. The zero-order valence-corrected chi connectivity index (χ0v) is 11.1. The first-order chi connectivity index (χ1) is 9.27. The summed E-state index contributed by atoms with van der Waals surface area (Å²) >= 11 is 0. The van der Waals surface area contributed by atoms with Gasteiger partial charge in [0, 0.05) is 19.1 Å². The number of aryl methyl sites for hydroxylation is 1. The molecular weight excluding hydrogens is 240 g/mol. The Hall–Kier alpha value is -1.81. The summed E-state index contributed by atoms with van der Waals surface area (Å²) in [5.74, 6) is 0.792. The molecule has 0 unspecified atom stereocenters. The lowest BCUT2D eigenvalue weighted by Gasteiger charge is -2.21. The number of rotatable bonds is 2. The number of ether oxygens (including phenoxy) is 1. The number of nitrogens with zero attached hydrogens (tertiary/aromatic N) is 1. The number of benzene rings is 1. The topological polar surface area (TPSA) is 61.3 Å². The first-order valence-corrected chi connectivity index (χ1v) is 6.66. The van der Waals surface area contributed by atoms with Gasteiger partial charge < -0.3 is 15.0 Å². The predicted octanol–water partition coefficient (Wildman–Crippen LogP) is 3.13. The van der Waals surface area contributed by atoms with Crippen molar-refractivity contribution in [1.29, 1.82) is 0 Å².